The number of Topliss-reactive ketones (excluding diaryl/α,β-unsaturated/α-hetero) is 1. The molecular formula is C8H7NO7. The molecule has 0 amide bonds. The van der Waals surface area contributed by atoms with Crippen molar-refractivity contribution in [2.45, 2.75) is 13.8 Å². The fraction of sp³-hybridized carbons (Fsp3) is 0.250. The largest absolute Gasteiger partial charge is 0.338 e. The first-order valence-electron chi connectivity index (χ1n) is 4.10. The molecule has 0 unspecified atom stereocenters. The number of hydrogen-bond donors (Lipinski definition) is 0. The van der Waals surface area contributed by atoms with Gasteiger partial charge in [-0.25, -0.2) is 4.84 Å². The predicted molar refractivity (Wildman–Crippen MR) is 46.9 cm³/mol. The second-order valence-electron chi connectivity index (χ2n) is 2.69. The Morgan fingerprint density at radius 2 is 2.06 bits per heavy atom. The van der Waals surface area contributed by atoms with E-state index >= 15 is 0 Å². The Bertz CT molecular complexity index is 464. The Morgan fingerprint density at radius 1 is 1.44 bits per heavy atom. The second kappa shape index (κ2) is 4.43. The zero-order valence-corrected chi connectivity index (χ0v) is 8.38. The third-order valence-electron chi connectivity index (χ3n) is 1.69. The van der Waals surface area contributed by atoms with Crippen LogP contribution in [-0.2, 0) is 9.63 Å². The molecule has 0 saturated heterocycles. The number of allylic oxidation sites excluding steroid dienone is 1. The molecule has 0 spiro atoms. The van der Waals surface area contributed by atoms with Crippen molar-refractivity contribution in [3.05, 3.63) is 33.3 Å². The molecule has 1 aromatic heterocycles. The van der Waals surface area contributed by atoms with E-state index in [0.29, 0.717) is 0 Å². The molecule has 8 heteroatoms. The first-order valence-corrected chi connectivity index (χ1v) is 4.10. The van der Waals surface area contributed by atoms with Gasteiger partial charge in [0.05, 0.1) is 5.57 Å². The van der Waals surface area contributed by atoms with Crippen molar-refractivity contribution in [1.29, 1.82) is 0 Å². The minimum atomic E-state index is -1.35. The van der Waals surface area contributed by atoms with Crippen LogP contribution in [0.15, 0.2) is 20.8 Å². The average molecular weight is 229 g/mol. The molecule has 0 bridgehead atoms. The van der Waals surface area contributed by atoms with Crippen LogP contribution < -0.4 is 0 Å². The lowest BCUT2D eigenvalue weighted by atomic mass is 10.1. The maximum atomic E-state index is 11.5. The monoisotopic (exact) mass is 229 g/mol. The Hall–Kier alpha value is -2.38. The summed E-state index contributed by atoms with van der Waals surface area (Å²) in [5.74, 6) is -2.15. The van der Waals surface area contributed by atoms with E-state index in [1.165, 1.54) is 13.8 Å². The van der Waals surface area contributed by atoms with Crippen LogP contribution in [0.3, 0.4) is 0 Å². The van der Waals surface area contributed by atoms with Crippen molar-refractivity contribution in [2.75, 3.05) is 0 Å². The number of ketones is 1. The molecular weight excluding hydrogens is 222 g/mol. The summed E-state index contributed by atoms with van der Waals surface area (Å²) in [5.41, 5.74) is -0.491. The van der Waals surface area contributed by atoms with E-state index < -0.39 is 22.4 Å². The van der Waals surface area contributed by atoms with Gasteiger partial charge in [0.15, 0.2) is 0 Å². The molecule has 0 aliphatic carbocycles. The molecule has 1 aromatic rings. The number of carbonyl (C=O) groups excluding carboxylic acids is 2. The third-order valence-corrected chi connectivity index (χ3v) is 1.69. The van der Waals surface area contributed by atoms with Crippen LogP contribution in [0.4, 0.5) is 0 Å². The van der Waals surface area contributed by atoms with Crippen LogP contribution in [0.25, 0.3) is 0 Å². The Morgan fingerprint density at radius 3 is 2.38 bits per heavy atom. The first kappa shape index (κ1) is 11.7. The van der Waals surface area contributed by atoms with Gasteiger partial charge in [-0.3, -0.25) is 18.7 Å². The number of carbonyl (C=O) groups is 2. The molecule has 0 fully saturated rings. The Balaban J connectivity index is 2.86. The topological polar surface area (TPSA) is 113 Å². The summed E-state index contributed by atoms with van der Waals surface area (Å²) in [6, 6.07) is 0. The first-order chi connectivity index (χ1) is 7.47. The van der Waals surface area contributed by atoms with Crippen molar-refractivity contribution < 1.29 is 28.7 Å². The predicted octanol–water partition coefficient (Wildman–Crippen LogP) is 1.04. The summed E-state index contributed by atoms with van der Waals surface area (Å²) in [5, 5.41) is 8.63. The normalized spacial score (nSPS) is 11.2. The fourth-order valence-electron chi connectivity index (χ4n) is 0.945. The molecule has 0 saturated carbocycles. The average Bonchev–Trinajstić information content (AvgIpc) is 2.15. The van der Waals surface area contributed by atoms with Gasteiger partial charge in [-0.2, -0.15) is 0 Å². The molecule has 8 nitrogen and oxygen atoms in total. The van der Waals surface area contributed by atoms with Crippen LogP contribution in [0.1, 0.15) is 23.2 Å². The zero-order valence-electron chi connectivity index (χ0n) is 8.38. The summed E-state index contributed by atoms with van der Waals surface area (Å²) in [7, 11) is 0. The van der Waals surface area contributed by atoms with Crippen LogP contribution in [0, 0.1) is 17.0 Å². The highest BCUT2D eigenvalue weighted by Crippen LogP contribution is 2.17. The molecule has 0 aliphatic rings. The van der Waals surface area contributed by atoms with E-state index in [1.807, 2.05) is 0 Å². The van der Waals surface area contributed by atoms with Gasteiger partial charge < -0.3 is 0 Å². The van der Waals surface area contributed by atoms with Crippen molar-refractivity contribution in [2.24, 2.45) is 0 Å². The molecule has 0 atom stereocenters. The van der Waals surface area contributed by atoms with E-state index in [1.54, 1.807) is 0 Å². The molecule has 1 heterocycles. The summed E-state index contributed by atoms with van der Waals surface area (Å²) >= 11 is 0. The standard InChI is InChI=1S/C8H7NO7/c1-3-5(8(11)14-9(12)13)6(10)7-4(2)15-16-7/h3H,1-2H3/b5-3+. The van der Waals surface area contributed by atoms with Crippen LogP contribution >= 0.6 is 0 Å². The molecule has 0 N–H and O–H groups in total. The number of nitrogens with zero attached hydrogens (tertiary/aromatic N) is 1. The van der Waals surface area contributed by atoms with Gasteiger partial charge >= 0.3 is 11.1 Å². The molecule has 16 heavy (non-hydrogen) atoms. The summed E-state index contributed by atoms with van der Waals surface area (Å²) < 4.78 is 8.72. The fourth-order valence-corrected chi connectivity index (χ4v) is 0.945. The maximum absolute atomic E-state index is 11.5. The quantitative estimate of drug-likeness (QED) is 0.144. The smallest absolute Gasteiger partial charge is 0.290 e. The maximum Gasteiger partial charge on any atom is 0.338 e. The number of rotatable bonds is 4. The second-order valence-corrected chi connectivity index (χ2v) is 2.69. The lowest BCUT2D eigenvalue weighted by Crippen LogP contribution is -2.20. The third kappa shape index (κ3) is 2.16. The summed E-state index contributed by atoms with van der Waals surface area (Å²) in [4.78, 5) is 36.2. The van der Waals surface area contributed by atoms with E-state index in [4.69, 9.17) is 0 Å². The molecule has 1 rings (SSSR count). The van der Waals surface area contributed by atoms with Gasteiger partial charge in [-0.05, 0) is 6.92 Å². The van der Waals surface area contributed by atoms with Crippen molar-refractivity contribution in [3.63, 3.8) is 0 Å². The van der Waals surface area contributed by atoms with Crippen molar-refractivity contribution in [3.8, 4) is 0 Å². The van der Waals surface area contributed by atoms with Gasteiger partial charge in [-0.1, -0.05) is 6.08 Å². The minimum Gasteiger partial charge on any atom is -0.290 e. The van der Waals surface area contributed by atoms with E-state index in [0.717, 1.165) is 6.08 Å². The minimum absolute atomic E-state index is 0.173. The van der Waals surface area contributed by atoms with Crippen LogP contribution in [0.5, 0.6) is 0 Å². The molecule has 0 radical (unpaired) electrons. The zero-order chi connectivity index (χ0) is 12.3. The number of aryl methyl sites for hydroxylation is 1. The molecule has 0 aromatic carbocycles. The van der Waals surface area contributed by atoms with Crippen LogP contribution in [-0.4, -0.2) is 16.8 Å². The van der Waals surface area contributed by atoms with Crippen molar-refractivity contribution in [1.82, 2.24) is 0 Å². The van der Waals surface area contributed by atoms with E-state index in [-0.39, 0.29) is 11.5 Å². The SMILES string of the molecule is C/C=C(/C(=O)O[N+](=O)[O-])C(=O)c1ooc1C. The van der Waals surface area contributed by atoms with Gasteiger partial charge in [0.2, 0.25) is 11.5 Å². The van der Waals surface area contributed by atoms with Gasteiger partial charge in [0.1, 0.15) is 0 Å². The van der Waals surface area contributed by atoms with Gasteiger partial charge in [-0.15, -0.1) is 10.1 Å². The van der Waals surface area contributed by atoms with E-state index in [9.17, 15) is 19.7 Å². The summed E-state index contributed by atoms with van der Waals surface area (Å²) in [6.07, 6.45) is 1.09. The van der Waals surface area contributed by atoms with Crippen molar-refractivity contribution >= 4 is 11.8 Å². The lowest BCUT2D eigenvalue weighted by molar-refractivity contribution is -0.728. The van der Waals surface area contributed by atoms with Crippen LogP contribution in [0.2, 0.25) is 0 Å². The highest BCUT2D eigenvalue weighted by Gasteiger charge is 2.28. The summed E-state index contributed by atoms with van der Waals surface area (Å²) in [6.45, 7) is 2.81. The van der Waals surface area contributed by atoms with Gasteiger partial charge in [0.25, 0.3) is 5.76 Å². The Kier molecular flexibility index (Phi) is 3.24. The highest BCUT2D eigenvalue weighted by atomic mass is 17.0. The molecule has 0 aliphatic heterocycles. The van der Waals surface area contributed by atoms with Gasteiger partial charge in [0, 0.05) is 6.92 Å². The number of hydrogen-bond acceptors (Lipinski definition) is 7. The lowest BCUT2D eigenvalue weighted by Gasteiger charge is -2.05. The van der Waals surface area contributed by atoms with E-state index in [2.05, 4.69) is 14.0 Å². The highest BCUT2D eigenvalue weighted by molar-refractivity contribution is 6.23. The molecule has 86 valence electrons. The Labute approximate surface area is 88.5 Å².